The van der Waals surface area contributed by atoms with Crippen molar-refractivity contribution in [2.75, 3.05) is 26.2 Å². The van der Waals surface area contributed by atoms with E-state index in [0.29, 0.717) is 24.5 Å². The largest absolute Gasteiger partial charge is 0.450 e. The summed E-state index contributed by atoms with van der Waals surface area (Å²) in [6.45, 7) is 11.5. The molecule has 1 heterocycles. The summed E-state index contributed by atoms with van der Waals surface area (Å²) in [6, 6.07) is 0.408. The Kier molecular flexibility index (Phi) is 5.75. The van der Waals surface area contributed by atoms with Crippen molar-refractivity contribution in [3.63, 3.8) is 0 Å². The number of carbonyl (C=O) groups is 1. The minimum absolute atomic E-state index is 0.171. The number of carbonyl (C=O) groups excluding carboxylic acids is 1. The highest BCUT2D eigenvalue weighted by Crippen LogP contribution is 2.17. The molecule has 1 rings (SSSR count). The number of piperidine rings is 1. The first kappa shape index (κ1) is 14.3. The number of rotatable bonds is 4. The zero-order chi connectivity index (χ0) is 12.8. The average molecular weight is 242 g/mol. The van der Waals surface area contributed by atoms with Crippen LogP contribution in [0.2, 0.25) is 0 Å². The lowest BCUT2D eigenvalue weighted by Crippen LogP contribution is -2.51. The minimum atomic E-state index is -0.171. The molecule has 0 radical (unpaired) electrons. The summed E-state index contributed by atoms with van der Waals surface area (Å²) in [5.74, 6) is 1.18. The molecule has 1 amide bonds. The van der Waals surface area contributed by atoms with Gasteiger partial charge in [0.05, 0.1) is 6.61 Å². The highest BCUT2D eigenvalue weighted by molar-refractivity contribution is 5.67. The Hall–Kier alpha value is -0.770. The smallest absolute Gasteiger partial charge is 0.409 e. The quantitative estimate of drug-likeness (QED) is 0.821. The van der Waals surface area contributed by atoms with E-state index in [0.717, 1.165) is 26.1 Å². The lowest BCUT2D eigenvalue weighted by molar-refractivity contribution is 0.0811. The van der Waals surface area contributed by atoms with Gasteiger partial charge in [-0.25, -0.2) is 4.79 Å². The van der Waals surface area contributed by atoms with Gasteiger partial charge in [0.15, 0.2) is 0 Å². The van der Waals surface area contributed by atoms with Gasteiger partial charge in [0, 0.05) is 19.1 Å². The Balaban J connectivity index is 2.44. The molecule has 0 aromatic heterocycles. The maximum Gasteiger partial charge on any atom is 0.409 e. The van der Waals surface area contributed by atoms with Crippen LogP contribution in [0.1, 0.15) is 34.1 Å². The number of nitrogens with one attached hydrogen (secondary N) is 1. The van der Waals surface area contributed by atoms with E-state index >= 15 is 0 Å². The molecule has 1 N–H and O–H groups in total. The summed E-state index contributed by atoms with van der Waals surface area (Å²) in [5, 5.41) is 3.53. The van der Waals surface area contributed by atoms with Crippen LogP contribution in [-0.2, 0) is 4.74 Å². The van der Waals surface area contributed by atoms with Crippen molar-refractivity contribution in [1.29, 1.82) is 0 Å². The van der Waals surface area contributed by atoms with Gasteiger partial charge < -0.3 is 15.0 Å². The molecule has 2 atom stereocenters. The molecule has 4 nitrogen and oxygen atoms in total. The number of amides is 1. The Bertz CT molecular complexity index is 244. The third-order valence-corrected chi connectivity index (χ3v) is 3.00. The third-order valence-electron chi connectivity index (χ3n) is 3.00. The van der Waals surface area contributed by atoms with Crippen molar-refractivity contribution in [3.05, 3.63) is 0 Å². The van der Waals surface area contributed by atoms with Crippen molar-refractivity contribution in [3.8, 4) is 0 Å². The van der Waals surface area contributed by atoms with Gasteiger partial charge in [0.2, 0.25) is 0 Å². The molecular weight excluding hydrogens is 216 g/mol. The second-order valence-corrected chi connectivity index (χ2v) is 5.44. The van der Waals surface area contributed by atoms with Crippen LogP contribution >= 0.6 is 0 Å². The van der Waals surface area contributed by atoms with Gasteiger partial charge in [-0.2, -0.15) is 0 Å². The third kappa shape index (κ3) is 4.94. The Morgan fingerprint density at radius 1 is 1.47 bits per heavy atom. The predicted molar refractivity (Wildman–Crippen MR) is 69.0 cm³/mol. The zero-order valence-corrected chi connectivity index (χ0v) is 11.5. The Morgan fingerprint density at radius 2 is 2.18 bits per heavy atom. The standard InChI is InChI=1S/C13H26N2O2/c1-5-17-13(16)15-8-11(4)6-12(9-15)14-7-10(2)3/h10-12,14H,5-9H2,1-4H3. The monoisotopic (exact) mass is 242 g/mol. The van der Waals surface area contributed by atoms with E-state index in [-0.39, 0.29) is 6.09 Å². The number of hydrogen-bond donors (Lipinski definition) is 1. The van der Waals surface area contributed by atoms with E-state index < -0.39 is 0 Å². The van der Waals surface area contributed by atoms with Crippen molar-refractivity contribution in [2.45, 2.75) is 40.2 Å². The molecule has 0 aromatic carbocycles. The molecule has 1 saturated heterocycles. The first-order valence-corrected chi connectivity index (χ1v) is 6.68. The highest BCUT2D eigenvalue weighted by atomic mass is 16.6. The number of likely N-dealkylation sites (tertiary alicyclic amines) is 1. The fraction of sp³-hybridized carbons (Fsp3) is 0.923. The number of ether oxygens (including phenoxy) is 1. The van der Waals surface area contributed by atoms with Gasteiger partial charge in [-0.3, -0.25) is 0 Å². The molecule has 2 unspecified atom stereocenters. The van der Waals surface area contributed by atoms with E-state index in [1.807, 2.05) is 11.8 Å². The highest BCUT2D eigenvalue weighted by Gasteiger charge is 2.28. The SMILES string of the molecule is CCOC(=O)N1CC(C)CC(NCC(C)C)C1. The van der Waals surface area contributed by atoms with Gasteiger partial charge >= 0.3 is 6.09 Å². The minimum Gasteiger partial charge on any atom is -0.450 e. The summed E-state index contributed by atoms with van der Waals surface area (Å²) in [7, 11) is 0. The van der Waals surface area contributed by atoms with Crippen LogP contribution < -0.4 is 5.32 Å². The molecule has 1 aliphatic heterocycles. The van der Waals surface area contributed by atoms with Crippen LogP contribution in [0.3, 0.4) is 0 Å². The van der Waals surface area contributed by atoms with Crippen LogP contribution in [-0.4, -0.2) is 43.3 Å². The molecule has 0 bridgehead atoms. The van der Waals surface area contributed by atoms with Crippen LogP contribution in [0.4, 0.5) is 4.79 Å². The van der Waals surface area contributed by atoms with Gasteiger partial charge in [-0.05, 0) is 31.7 Å². The summed E-state index contributed by atoms with van der Waals surface area (Å²) in [6.07, 6.45) is 0.971. The van der Waals surface area contributed by atoms with Crippen LogP contribution in [0.5, 0.6) is 0 Å². The molecule has 0 saturated carbocycles. The first-order chi connectivity index (χ1) is 8.02. The van der Waals surface area contributed by atoms with Gasteiger partial charge in [0.25, 0.3) is 0 Å². The van der Waals surface area contributed by atoms with E-state index in [9.17, 15) is 4.79 Å². The van der Waals surface area contributed by atoms with Crippen molar-refractivity contribution in [1.82, 2.24) is 10.2 Å². The maximum absolute atomic E-state index is 11.7. The summed E-state index contributed by atoms with van der Waals surface area (Å²) in [4.78, 5) is 13.5. The van der Waals surface area contributed by atoms with Crippen LogP contribution in [0.25, 0.3) is 0 Å². The number of nitrogens with zero attached hydrogens (tertiary/aromatic N) is 1. The molecule has 0 spiro atoms. The molecule has 0 aromatic rings. The van der Waals surface area contributed by atoms with E-state index in [1.54, 1.807) is 0 Å². The maximum atomic E-state index is 11.7. The van der Waals surface area contributed by atoms with E-state index in [4.69, 9.17) is 4.74 Å². The first-order valence-electron chi connectivity index (χ1n) is 6.68. The molecule has 4 heteroatoms. The summed E-state index contributed by atoms with van der Waals surface area (Å²) in [5.41, 5.74) is 0. The second-order valence-electron chi connectivity index (χ2n) is 5.44. The zero-order valence-electron chi connectivity index (χ0n) is 11.5. The lowest BCUT2D eigenvalue weighted by Gasteiger charge is -2.36. The van der Waals surface area contributed by atoms with E-state index in [2.05, 4.69) is 26.1 Å². The van der Waals surface area contributed by atoms with Gasteiger partial charge in [-0.15, -0.1) is 0 Å². The summed E-state index contributed by atoms with van der Waals surface area (Å²) < 4.78 is 5.06. The van der Waals surface area contributed by atoms with E-state index in [1.165, 1.54) is 0 Å². The lowest BCUT2D eigenvalue weighted by atomic mass is 9.96. The topological polar surface area (TPSA) is 41.6 Å². The van der Waals surface area contributed by atoms with Crippen LogP contribution in [0, 0.1) is 11.8 Å². The fourth-order valence-corrected chi connectivity index (χ4v) is 2.27. The molecular formula is C13H26N2O2. The van der Waals surface area contributed by atoms with Gasteiger partial charge in [-0.1, -0.05) is 20.8 Å². The fourth-order valence-electron chi connectivity index (χ4n) is 2.27. The molecule has 17 heavy (non-hydrogen) atoms. The second kappa shape index (κ2) is 6.84. The Labute approximate surface area is 105 Å². The molecule has 0 aliphatic carbocycles. The Morgan fingerprint density at radius 3 is 2.76 bits per heavy atom. The van der Waals surface area contributed by atoms with Crippen molar-refractivity contribution >= 4 is 6.09 Å². The average Bonchev–Trinajstić information content (AvgIpc) is 2.26. The normalized spacial score (nSPS) is 25.1. The van der Waals surface area contributed by atoms with Crippen molar-refractivity contribution < 1.29 is 9.53 Å². The predicted octanol–water partition coefficient (Wildman–Crippen LogP) is 2.10. The van der Waals surface area contributed by atoms with Crippen LogP contribution in [0.15, 0.2) is 0 Å². The molecule has 1 aliphatic rings. The molecule has 1 fully saturated rings. The molecule has 100 valence electrons. The van der Waals surface area contributed by atoms with Gasteiger partial charge in [0.1, 0.15) is 0 Å². The summed E-state index contributed by atoms with van der Waals surface area (Å²) >= 11 is 0. The van der Waals surface area contributed by atoms with Crippen molar-refractivity contribution in [2.24, 2.45) is 11.8 Å². The number of hydrogen-bond acceptors (Lipinski definition) is 3.